The number of alkyl halides is 1. The third-order valence-electron chi connectivity index (χ3n) is 8.80. The Hall–Kier alpha value is -4.90. The number of rotatable bonds is 6. The average molecular weight is 646 g/mol. The van der Waals surface area contributed by atoms with Crippen molar-refractivity contribution >= 4 is 11.9 Å². The number of carboxylic acid groups (broad SMARTS) is 1. The molecule has 2 N–H and O–H groups in total. The van der Waals surface area contributed by atoms with E-state index in [0.29, 0.717) is 54.1 Å². The third kappa shape index (κ3) is 6.40. The van der Waals surface area contributed by atoms with Gasteiger partial charge in [-0.3, -0.25) is 23.9 Å². The van der Waals surface area contributed by atoms with Crippen LogP contribution < -0.4 is 15.6 Å². The number of likely N-dealkylation sites (tertiary alicyclic amines) is 1. The minimum atomic E-state index is -1.62. The fourth-order valence-corrected chi connectivity index (χ4v) is 6.42. The number of carbonyl (C=O) groups is 2. The molecule has 0 unspecified atom stereocenters. The van der Waals surface area contributed by atoms with Crippen LogP contribution in [0.15, 0.2) is 65.6 Å². The molecule has 3 aromatic carbocycles. The summed E-state index contributed by atoms with van der Waals surface area (Å²) in [5, 5.41) is 12.5. The molecule has 3 heterocycles. The van der Waals surface area contributed by atoms with E-state index in [9.17, 15) is 23.9 Å². The molecule has 2 aliphatic rings. The second-order valence-electron chi connectivity index (χ2n) is 12.3. The van der Waals surface area contributed by atoms with Crippen LogP contribution in [0.1, 0.15) is 51.9 Å². The van der Waals surface area contributed by atoms with Gasteiger partial charge >= 0.3 is 5.97 Å². The first-order valence-corrected chi connectivity index (χ1v) is 15.4. The Balaban J connectivity index is 1.56. The number of pyridine rings is 1. The largest absolute Gasteiger partial charge is 0.481 e. The molecule has 11 heteroatoms. The van der Waals surface area contributed by atoms with Gasteiger partial charge in [0.1, 0.15) is 35.3 Å². The Morgan fingerprint density at radius 3 is 2.47 bits per heavy atom. The second-order valence-corrected chi connectivity index (χ2v) is 12.3. The number of carboxylic acids is 1. The number of fused-ring (bicyclic) bond motifs is 6. The summed E-state index contributed by atoms with van der Waals surface area (Å²) in [5.41, 5.74) is 2.25. The van der Waals surface area contributed by atoms with Gasteiger partial charge in [0, 0.05) is 48.1 Å². The molecule has 4 aromatic rings. The van der Waals surface area contributed by atoms with Gasteiger partial charge in [-0.1, -0.05) is 12.1 Å². The van der Waals surface area contributed by atoms with Crippen molar-refractivity contribution in [2.45, 2.75) is 51.9 Å². The maximum atomic E-state index is 15.9. The molecule has 8 nitrogen and oxygen atoms in total. The molecule has 4 bridgehead atoms. The van der Waals surface area contributed by atoms with Crippen molar-refractivity contribution in [2.75, 3.05) is 19.6 Å². The van der Waals surface area contributed by atoms with Crippen LogP contribution in [0.4, 0.5) is 13.2 Å². The number of carbonyl (C=O) groups excluding carboxylic acids is 1. The lowest BCUT2D eigenvalue weighted by Gasteiger charge is -2.34. The van der Waals surface area contributed by atoms with Gasteiger partial charge in [0.25, 0.3) is 5.56 Å². The lowest BCUT2D eigenvalue weighted by atomic mass is 9.92. The smallest absolute Gasteiger partial charge is 0.305 e. The number of aryl methyl sites for hydroxylation is 3. The number of amides is 1. The maximum Gasteiger partial charge on any atom is 0.305 e. The molecule has 0 aliphatic carbocycles. The first-order chi connectivity index (χ1) is 22.4. The van der Waals surface area contributed by atoms with Crippen LogP contribution in [-0.4, -0.2) is 52.3 Å². The summed E-state index contributed by atoms with van der Waals surface area (Å²) in [5.74, 6) is -3.16. The lowest BCUT2D eigenvalue weighted by Crippen LogP contribution is -2.49. The monoisotopic (exact) mass is 645 g/mol. The second kappa shape index (κ2) is 12.7. The Kier molecular flexibility index (Phi) is 8.67. The van der Waals surface area contributed by atoms with Gasteiger partial charge in [0.2, 0.25) is 5.91 Å². The van der Waals surface area contributed by atoms with Gasteiger partial charge in [-0.05, 0) is 91.9 Å². The number of aliphatic carboxylic acids is 1. The zero-order valence-electron chi connectivity index (χ0n) is 26.1. The number of ether oxygens (including phenoxy) is 1. The van der Waals surface area contributed by atoms with Crippen LogP contribution >= 0.6 is 0 Å². The van der Waals surface area contributed by atoms with Crippen LogP contribution in [0.25, 0.3) is 11.1 Å². The van der Waals surface area contributed by atoms with Crippen molar-refractivity contribution in [3.63, 3.8) is 0 Å². The highest BCUT2D eigenvalue weighted by Gasteiger charge is 2.33. The normalized spacial score (nSPS) is 18.1. The summed E-state index contributed by atoms with van der Waals surface area (Å²) in [4.78, 5) is 42.0. The molecule has 2 aliphatic heterocycles. The third-order valence-corrected chi connectivity index (χ3v) is 8.80. The highest BCUT2D eigenvalue weighted by molar-refractivity contribution is 5.85. The van der Waals surface area contributed by atoms with E-state index in [-0.39, 0.29) is 22.4 Å². The Bertz CT molecular complexity index is 1950. The van der Waals surface area contributed by atoms with Gasteiger partial charge in [-0.15, -0.1) is 0 Å². The van der Waals surface area contributed by atoms with Crippen molar-refractivity contribution in [1.82, 2.24) is 14.8 Å². The van der Waals surface area contributed by atoms with Gasteiger partial charge in [0.15, 0.2) is 0 Å². The number of aromatic nitrogens is 1. The Morgan fingerprint density at radius 1 is 0.979 bits per heavy atom. The first-order valence-electron chi connectivity index (χ1n) is 15.4. The topological polar surface area (TPSA) is 101 Å². The molecule has 0 spiro atoms. The Labute approximate surface area is 269 Å². The van der Waals surface area contributed by atoms with E-state index in [1.807, 2.05) is 17.9 Å². The molecule has 1 saturated heterocycles. The molecule has 0 saturated carbocycles. The van der Waals surface area contributed by atoms with E-state index >= 15 is 8.78 Å². The molecular weight excluding hydrogens is 611 g/mol. The number of nitrogens with zero attached hydrogens (tertiary/aromatic N) is 2. The summed E-state index contributed by atoms with van der Waals surface area (Å²) < 4.78 is 52.5. The molecule has 47 heavy (non-hydrogen) atoms. The Morgan fingerprint density at radius 2 is 1.74 bits per heavy atom. The van der Waals surface area contributed by atoms with Crippen LogP contribution in [0.5, 0.6) is 11.5 Å². The fraction of sp³-hybridized carbons (Fsp3) is 0.306. The maximum absolute atomic E-state index is 15.9. The number of hydrogen-bond acceptors (Lipinski definition) is 5. The number of nitrogens with one attached hydrogen (secondary N) is 1. The summed E-state index contributed by atoms with van der Waals surface area (Å²) in [6.45, 7) is 6.11. The zero-order valence-corrected chi connectivity index (χ0v) is 26.1. The molecular formula is C36H34F3N3O5. The summed E-state index contributed by atoms with van der Waals surface area (Å²) in [6.07, 6.45) is 0.338. The van der Waals surface area contributed by atoms with E-state index in [1.165, 1.54) is 24.4 Å². The van der Waals surface area contributed by atoms with Gasteiger partial charge < -0.3 is 15.2 Å². The first kappa shape index (κ1) is 32.1. The lowest BCUT2D eigenvalue weighted by molar-refractivity contribution is -0.137. The van der Waals surface area contributed by atoms with E-state index in [1.54, 1.807) is 38.1 Å². The molecule has 6 rings (SSSR count). The van der Waals surface area contributed by atoms with Crippen molar-refractivity contribution in [1.29, 1.82) is 0 Å². The molecule has 0 radical (unpaired) electrons. The van der Waals surface area contributed by atoms with E-state index in [4.69, 9.17) is 4.74 Å². The number of benzene rings is 3. The highest BCUT2D eigenvalue weighted by atomic mass is 19.1. The van der Waals surface area contributed by atoms with Crippen molar-refractivity contribution in [3.8, 4) is 22.6 Å². The van der Waals surface area contributed by atoms with Crippen LogP contribution in [0, 0.1) is 32.4 Å². The van der Waals surface area contributed by atoms with Crippen LogP contribution in [-0.2, 0) is 16.0 Å². The molecule has 1 amide bonds. The van der Waals surface area contributed by atoms with Gasteiger partial charge in [-0.2, -0.15) is 0 Å². The fourth-order valence-electron chi connectivity index (χ4n) is 6.42. The molecule has 1 aromatic heterocycles. The van der Waals surface area contributed by atoms with Crippen molar-refractivity contribution in [2.24, 2.45) is 0 Å². The molecule has 1 fully saturated rings. The van der Waals surface area contributed by atoms with E-state index in [0.717, 1.165) is 16.2 Å². The molecule has 2 atom stereocenters. The summed E-state index contributed by atoms with van der Waals surface area (Å²) in [6, 6.07) is 11.0. The van der Waals surface area contributed by atoms with E-state index < -0.39 is 53.7 Å². The molecule has 244 valence electrons. The zero-order chi connectivity index (χ0) is 33.6. The summed E-state index contributed by atoms with van der Waals surface area (Å²) >= 11 is 0. The van der Waals surface area contributed by atoms with Crippen molar-refractivity contribution in [3.05, 3.63) is 116 Å². The van der Waals surface area contributed by atoms with Crippen LogP contribution in [0.2, 0.25) is 0 Å². The standard InChI is InChI=1S/C36H34F3N3O5/c1-19-5-4-6-30-32(19)23-12-20(2)33(39)27(13-23)29(15-31(43)44)40-35(45)34(26-14-25(47-30)7-8-28(26)38)42-16-22(11-21(3)36(42)46)9-10-41-17-24(37)18-41/h4-8,11-14,16,24,29,34H,9-10,15,17-18H2,1-3H3,(H,40,45)(H,43,44)/t29-,34-/m0/s1. The SMILES string of the molecule is Cc1cc2cc(c1F)[C@H](CC(=O)O)NC(=O)[C@@H](n1cc(CCN3CC(F)C3)cc(C)c1=O)c1cc(ccc1F)Oc1cccc(C)c1-2. The summed E-state index contributed by atoms with van der Waals surface area (Å²) in [7, 11) is 0. The van der Waals surface area contributed by atoms with Gasteiger partial charge in [-0.25, -0.2) is 13.2 Å². The van der Waals surface area contributed by atoms with Crippen molar-refractivity contribution < 1.29 is 32.6 Å². The number of hydrogen-bond donors (Lipinski definition) is 2. The van der Waals surface area contributed by atoms with Gasteiger partial charge in [0.05, 0.1) is 12.5 Å². The minimum absolute atomic E-state index is 0.0758. The number of halogens is 3. The average Bonchev–Trinajstić information content (AvgIpc) is 2.99. The highest BCUT2D eigenvalue weighted by Crippen LogP contribution is 2.40. The minimum Gasteiger partial charge on any atom is -0.481 e. The quantitative estimate of drug-likeness (QED) is 0.269. The predicted molar refractivity (Wildman–Crippen MR) is 170 cm³/mol. The van der Waals surface area contributed by atoms with Crippen LogP contribution in [0.3, 0.4) is 0 Å². The predicted octanol–water partition coefficient (Wildman–Crippen LogP) is 5.94. The van der Waals surface area contributed by atoms with E-state index in [2.05, 4.69) is 5.32 Å².